The number of primary amides is 1. The van der Waals surface area contributed by atoms with Crippen LogP contribution in [-0.2, 0) is 4.79 Å². The van der Waals surface area contributed by atoms with Crippen molar-refractivity contribution in [3.8, 4) is 0 Å². The van der Waals surface area contributed by atoms with Crippen LogP contribution in [0.3, 0.4) is 0 Å². The SMILES string of the molecule is C=CC(N)=O.CN=O. The lowest BCUT2D eigenvalue weighted by Gasteiger charge is -1.65. The molecule has 0 radical (unpaired) electrons. The smallest absolute Gasteiger partial charge is 0.240 e. The Balaban J connectivity index is 0. The third-order valence-corrected chi connectivity index (χ3v) is 0.201. The summed E-state index contributed by atoms with van der Waals surface area (Å²) in [7, 11) is 1.19. The Morgan fingerprint density at radius 1 is 1.88 bits per heavy atom. The lowest BCUT2D eigenvalue weighted by molar-refractivity contribution is -0.113. The second-order valence-electron chi connectivity index (χ2n) is 0.789. The first kappa shape index (κ1) is 9.94. The zero-order chi connectivity index (χ0) is 6.99. The normalized spacial score (nSPS) is 5.62. The van der Waals surface area contributed by atoms with Crippen molar-refractivity contribution < 1.29 is 4.79 Å². The predicted molar refractivity (Wildman–Crippen MR) is 31.1 cm³/mol. The summed E-state index contributed by atoms with van der Waals surface area (Å²) in [6.07, 6.45) is 1.06. The second kappa shape index (κ2) is 9.26. The molecule has 0 saturated carbocycles. The monoisotopic (exact) mass is 116 g/mol. The molecule has 0 aliphatic carbocycles. The molecule has 1 amide bonds. The largest absolute Gasteiger partial charge is 0.366 e. The van der Waals surface area contributed by atoms with Gasteiger partial charge < -0.3 is 5.73 Å². The van der Waals surface area contributed by atoms with Gasteiger partial charge in [-0.15, -0.1) is 0 Å². The molecule has 4 nitrogen and oxygen atoms in total. The van der Waals surface area contributed by atoms with Crippen molar-refractivity contribution >= 4 is 5.91 Å². The van der Waals surface area contributed by atoms with Crippen molar-refractivity contribution in [3.63, 3.8) is 0 Å². The number of nitroso groups, excluding NO2 is 1. The summed E-state index contributed by atoms with van der Waals surface area (Å²) in [5, 5.41) is 2.25. The van der Waals surface area contributed by atoms with Crippen LogP contribution in [0.25, 0.3) is 0 Å². The summed E-state index contributed by atoms with van der Waals surface area (Å²) in [5.41, 5.74) is 4.53. The van der Waals surface area contributed by atoms with Crippen molar-refractivity contribution in [1.82, 2.24) is 0 Å². The number of nitrogens with two attached hydrogens (primary N) is 1. The highest BCUT2D eigenvalue weighted by molar-refractivity contribution is 5.84. The van der Waals surface area contributed by atoms with Crippen LogP contribution in [0, 0.1) is 4.91 Å². The molecule has 0 unspecified atom stereocenters. The maximum Gasteiger partial charge on any atom is 0.240 e. The molecule has 0 rings (SSSR count). The molecule has 0 bridgehead atoms. The van der Waals surface area contributed by atoms with Crippen molar-refractivity contribution in [1.29, 1.82) is 0 Å². The van der Waals surface area contributed by atoms with E-state index in [0.29, 0.717) is 0 Å². The molecule has 0 aromatic rings. The Labute approximate surface area is 47.3 Å². The fourth-order valence-corrected chi connectivity index (χ4v) is 0. The first-order valence-corrected chi connectivity index (χ1v) is 1.82. The maximum absolute atomic E-state index is 9.47. The van der Waals surface area contributed by atoms with Crippen LogP contribution >= 0.6 is 0 Å². The Morgan fingerprint density at radius 3 is 2.00 bits per heavy atom. The number of hydrogen-bond donors (Lipinski definition) is 1. The molecule has 0 aliphatic rings. The highest BCUT2D eigenvalue weighted by Crippen LogP contribution is 1.48. The van der Waals surface area contributed by atoms with E-state index < -0.39 is 5.91 Å². The van der Waals surface area contributed by atoms with E-state index in [-0.39, 0.29) is 0 Å². The van der Waals surface area contributed by atoms with Gasteiger partial charge in [-0.05, 0) is 6.08 Å². The lowest BCUT2D eigenvalue weighted by atomic mass is 10.6. The summed E-state index contributed by atoms with van der Waals surface area (Å²) in [5.74, 6) is -0.481. The Bertz CT molecular complexity index is 90.0. The van der Waals surface area contributed by atoms with Gasteiger partial charge in [-0.25, -0.2) is 0 Å². The van der Waals surface area contributed by atoms with Gasteiger partial charge in [-0.1, -0.05) is 11.8 Å². The molecular weight excluding hydrogens is 108 g/mol. The Morgan fingerprint density at radius 2 is 2.00 bits per heavy atom. The minimum atomic E-state index is -0.481. The van der Waals surface area contributed by atoms with Gasteiger partial charge in [0.2, 0.25) is 5.91 Å². The number of amides is 1. The molecule has 2 N–H and O–H groups in total. The van der Waals surface area contributed by atoms with Crippen molar-refractivity contribution in [3.05, 3.63) is 17.6 Å². The van der Waals surface area contributed by atoms with Crippen molar-refractivity contribution in [2.45, 2.75) is 0 Å². The summed E-state index contributed by atoms with van der Waals surface area (Å²) >= 11 is 0. The molecule has 4 heteroatoms. The maximum atomic E-state index is 9.47. The molecule has 0 aliphatic heterocycles. The van der Waals surface area contributed by atoms with Gasteiger partial charge in [-0.3, -0.25) is 4.79 Å². The molecule has 0 heterocycles. The topological polar surface area (TPSA) is 72.5 Å². The summed E-state index contributed by atoms with van der Waals surface area (Å²) in [6, 6.07) is 0. The molecule has 0 atom stereocenters. The van der Waals surface area contributed by atoms with E-state index in [4.69, 9.17) is 4.91 Å². The standard InChI is InChI=1S/C3H5NO.CH3NO/c1-2-3(4)5;1-2-3/h2H,1H2,(H2,4,5);1H3. The van der Waals surface area contributed by atoms with E-state index in [1.54, 1.807) is 0 Å². The molecule has 0 aromatic heterocycles. The minimum absolute atomic E-state index is 0.481. The molecule has 46 valence electrons. The molecule has 8 heavy (non-hydrogen) atoms. The third kappa shape index (κ3) is 106. The number of rotatable bonds is 1. The van der Waals surface area contributed by atoms with Gasteiger partial charge in [-0.2, -0.15) is 4.91 Å². The van der Waals surface area contributed by atoms with Crippen LogP contribution in [0.2, 0.25) is 0 Å². The van der Waals surface area contributed by atoms with Gasteiger partial charge >= 0.3 is 0 Å². The number of carbonyl (C=O) groups is 1. The molecular formula is C4H8N2O2. The summed E-state index contributed by atoms with van der Waals surface area (Å²) in [4.78, 5) is 18.0. The fraction of sp³-hybridized carbons (Fsp3) is 0.250. The van der Waals surface area contributed by atoms with Crippen LogP contribution in [0.4, 0.5) is 0 Å². The van der Waals surface area contributed by atoms with E-state index in [0.717, 1.165) is 6.08 Å². The molecule has 0 saturated heterocycles. The highest BCUT2D eigenvalue weighted by Gasteiger charge is 1.69. The van der Waals surface area contributed by atoms with E-state index in [1.165, 1.54) is 7.05 Å². The molecule has 0 fully saturated rings. The van der Waals surface area contributed by atoms with Crippen molar-refractivity contribution in [2.24, 2.45) is 10.9 Å². The first-order valence-electron chi connectivity index (χ1n) is 1.82. The van der Waals surface area contributed by atoms with E-state index in [1.807, 2.05) is 0 Å². The summed E-state index contributed by atoms with van der Waals surface area (Å²) in [6.45, 7) is 3.09. The van der Waals surface area contributed by atoms with Gasteiger partial charge in [0.05, 0.1) is 7.05 Å². The van der Waals surface area contributed by atoms with Crippen LogP contribution in [0.15, 0.2) is 17.8 Å². The zero-order valence-corrected chi connectivity index (χ0v) is 4.63. The first-order chi connectivity index (χ1) is 3.68. The Kier molecular flexibility index (Phi) is 11.5. The second-order valence-corrected chi connectivity index (χ2v) is 0.789. The molecule has 0 aromatic carbocycles. The van der Waals surface area contributed by atoms with Gasteiger partial charge in [0.25, 0.3) is 0 Å². The number of hydrogen-bond acceptors (Lipinski definition) is 3. The van der Waals surface area contributed by atoms with Crippen molar-refractivity contribution in [2.75, 3.05) is 7.05 Å². The summed E-state index contributed by atoms with van der Waals surface area (Å²) < 4.78 is 0. The zero-order valence-electron chi connectivity index (χ0n) is 4.63. The highest BCUT2D eigenvalue weighted by atomic mass is 16.2. The number of carbonyl (C=O) groups excluding carboxylic acids is 1. The van der Waals surface area contributed by atoms with Crippen LogP contribution in [-0.4, -0.2) is 13.0 Å². The average molecular weight is 116 g/mol. The van der Waals surface area contributed by atoms with Crippen LogP contribution in [0.5, 0.6) is 0 Å². The quantitative estimate of drug-likeness (QED) is 0.388. The predicted octanol–water partition coefficient (Wildman–Crippen LogP) is 0.0403. The minimum Gasteiger partial charge on any atom is -0.366 e. The van der Waals surface area contributed by atoms with Gasteiger partial charge in [0.1, 0.15) is 0 Å². The van der Waals surface area contributed by atoms with Crippen LogP contribution in [0.1, 0.15) is 0 Å². The van der Waals surface area contributed by atoms with E-state index in [9.17, 15) is 4.79 Å². The van der Waals surface area contributed by atoms with E-state index >= 15 is 0 Å². The van der Waals surface area contributed by atoms with Crippen LogP contribution < -0.4 is 5.73 Å². The lowest BCUT2D eigenvalue weighted by Crippen LogP contribution is -2.04. The average Bonchev–Trinajstić information content (AvgIpc) is 1.69. The molecule has 0 spiro atoms. The third-order valence-electron chi connectivity index (χ3n) is 0.201. The number of nitrogens with zero attached hydrogens (tertiary/aromatic N) is 1. The van der Waals surface area contributed by atoms with E-state index in [2.05, 4.69) is 17.5 Å². The van der Waals surface area contributed by atoms with Gasteiger partial charge in [0.15, 0.2) is 0 Å². The fourth-order valence-electron chi connectivity index (χ4n) is 0. The van der Waals surface area contributed by atoms with Gasteiger partial charge in [0, 0.05) is 0 Å². The Hall–Kier alpha value is -1.19.